The molecule has 2 aromatic rings. The van der Waals surface area contributed by atoms with Crippen LogP contribution in [0.4, 0.5) is 5.69 Å². The van der Waals surface area contributed by atoms with Crippen LogP contribution in [0.5, 0.6) is 11.5 Å². The van der Waals surface area contributed by atoms with Crippen LogP contribution in [-0.2, 0) is 4.74 Å². The Morgan fingerprint density at radius 2 is 1.83 bits per heavy atom. The summed E-state index contributed by atoms with van der Waals surface area (Å²) in [6.07, 6.45) is 0. The highest BCUT2D eigenvalue weighted by Crippen LogP contribution is 2.26. The zero-order valence-electron chi connectivity index (χ0n) is 13.7. The summed E-state index contributed by atoms with van der Waals surface area (Å²) in [5, 5.41) is 2.85. The third-order valence-electron chi connectivity index (χ3n) is 3.16. The van der Waals surface area contributed by atoms with E-state index >= 15 is 0 Å². The summed E-state index contributed by atoms with van der Waals surface area (Å²) in [5.74, 6) is 1.25. The highest BCUT2D eigenvalue weighted by atomic mass is 79.9. The van der Waals surface area contributed by atoms with Crippen LogP contribution < -0.4 is 14.8 Å². The van der Waals surface area contributed by atoms with Crippen LogP contribution in [0.25, 0.3) is 0 Å². The minimum Gasteiger partial charge on any atom is -0.494 e. The number of carbonyl (C=O) groups excluding carboxylic acids is 1. The van der Waals surface area contributed by atoms with Gasteiger partial charge in [0.1, 0.15) is 18.1 Å². The van der Waals surface area contributed by atoms with Gasteiger partial charge < -0.3 is 19.5 Å². The van der Waals surface area contributed by atoms with E-state index in [-0.39, 0.29) is 5.91 Å². The van der Waals surface area contributed by atoms with Crippen molar-refractivity contribution in [2.45, 2.75) is 6.92 Å². The van der Waals surface area contributed by atoms with E-state index in [0.29, 0.717) is 36.8 Å². The van der Waals surface area contributed by atoms with E-state index in [2.05, 4.69) is 21.2 Å². The van der Waals surface area contributed by atoms with E-state index in [9.17, 15) is 4.79 Å². The molecule has 128 valence electrons. The second-order valence-electron chi connectivity index (χ2n) is 4.90. The normalized spacial score (nSPS) is 10.3. The van der Waals surface area contributed by atoms with Crippen molar-refractivity contribution >= 4 is 27.5 Å². The Bertz CT molecular complexity index is 673. The van der Waals surface area contributed by atoms with Crippen LogP contribution >= 0.6 is 15.9 Å². The second-order valence-corrected chi connectivity index (χ2v) is 5.75. The van der Waals surface area contributed by atoms with Crippen LogP contribution in [0.3, 0.4) is 0 Å². The minimum absolute atomic E-state index is 0.191. The van der Waals surface area contributed by atoms with Gasteiger partial charge in [0.25, 0.3) is 5.91 Å². The zero-order chi connectivity index (χ0) is 17.4. The first-order valence-corrected chi connectivity index (χ1v) is 8.39. The summed E-state index contributed by atoms with van der Waals surface area (Å²) in [5.41, 5.74) is 1.25. The first-order chi connectivity index (χ1) is 11.6. The molecule has 1 N–H and O–H groups in total. The van der Waals surface area contributed by atoms with E-state index in [4.69, 9.17) is 14.2 Å². The van der Waals surface area contributed by atoms with Crippen LogP contribution in [0.2, 0.25) is 0 Å². The summed E-state index contributed by atoms with van der Waals surface area (Å²) in [4.78, 5) is 12.3. The highest BCUT2D eigenvalue weighted by Gasteiger charge is 2.10. The highest BCUT2D eigenvalue weighted by molar-refractivity contribution is 9.10. The molecule has 0 heterocycles. The third-order valence-corrected chi connectivity index (χ3v) is 3.78. The number of hydrogen-bond donors (Lipinski definition) is 1. The Hall–Kier alpha value is -2.05. The van der Waals surface area contributed by atoms with Gasteiger partial charge in [-0.1, -0.05) is 0 Å². The molecule has 0 fully saturated rings. The number of ether oxygens (including phenoxy) is 3. The number of rotatable bonds is 8. The van der Waals surface area contributed by atoms with Crippen molar-refractivity contribution in [2.24, 2.45) is 0 Å². The first kappa shape index (κ1) is 18.3. The van der Waals surface area contributed by atoms with Gasteiger partial charge in [0.2, 0.25) is 0 Å². The number of anilines is 1. The molecule has 0 radical (unpaired) electrons. The molecule has 0 aliphatic carbocycles. The summed E-state index contributed by atoms with van der Waals surface area (Å²) in [6.45, 7) is 3.49. The Labute approximate surface area is 150 Å². The largest absolute Gasteiger partial charge is 0.494 e. The third kappa shape index (κ3) is 5.25. The Morgan fingerprint density at radius 1 is 1.08 bits per heavy atom. The fraction of sp³-hybridized carbons (Fsp3) is 0.278. The van der Waals surface area contributed by atoms with E-state index in [1.807, 2.05) is 19.1 Å². The maximum atomic E-state index is 12.3. The molecular formula is C18H20BrNO4. The molecule has 24 heavy (non-hydrogen) atoms. The van der Waals surface area contributed by atoms with Crippen LogP contribution in [0.1, 0.15) is 17.3 Å². The van der Waals surface area contributed by atoms with Crippen molar-refractivity contribution in [3.8, 4) is 11.5 Å². The molecular weight excluding hydrogens is 374 g/mol. The van der Waals surface area contributed by atoms with Crippen molar-refractivity contribution in [3.63, 3.8) is 0 Å². The molecule has 5 nitrogen and oxygen atoms in total. The predicted molar refractivity (Wildman–Crippen MR) is 97.1 cm³/mol. The van der Waals surface area contributed by atoms with Gasteiger partial charge >= 0.3 is 0 Å². The minimum atomic E-state index is -0.191. The van der Waals surface area contributed by atoms with E-state index in [1.165, 1.54) is 0 Å². The molecule has 0 spiro atoms. The predicted octanol–water partition coefficient (Wildman–Crippen LogP) is 4.13. The van der Waals surface area contributed by atoms with Crippen molar-refractivity contribution in [1.29, 1.82) is 0 Å². The molecule has 0 unspecified atom stereocenters. The molecule has 0 atom stereocenters. The number of nitrogens with one attached hydrogen (secondary N) is 1. The fourth-order valence-electron chi connectivity index (χ4n) is 2.00. The average Bonchev–Trinajstić information content (AvgIpc) is 2.58. The van der Waals surface area contributed by atoms with Crippen LogP contribution in [0, 0.1) is 0 Å². The molecule has 0 aliphatic rings. The van der Waals surface area contributed by atoms with Gasteiger partial charge in [0.05, 0.1) is 17.7 Å². The summed E-state index contributed by atoms with van der Waals surface area (Å²) in [7, 11) is 1.62. The summed E-state index contributed by atoms with van der Waals surface area (Å²) in [6, 6.07) is 12.5. The molecule has 2 aromatic carbocycles. The van der Waals surface area contributed by atoms with Crippen molar-refractivity contribution in [3.05, 3.63) is 52.5 Å². The lowest BCUT2D eigenvalue weighted by Gasteiger charge is -2.10. The van der Waals surface area contributed by atoms with Gasteiger partial charge in [-0.15, -0.1) is 0 Å². The van der Waals surface area contributed by atoms with E-state index < -0.39 is 0 Å². The van der Waals surface area contributed by atoms with Gasteiger partial charge in [-0.05, 0) is 65.3 Å². The van der Waals surface area contributed by atoms with Crippen molar-refractivity contribution in [1.82, 2.24) is 0 Å². The maximum absolute atomic E-state index is 12.3. The van der Waals surface area contributed by atoms with Gasteiger partial charge in [-0.25, -0.2) is 0 Å². The average molecular weight is 394 g/mol. The first-order valence-electron chi connectivity index (χ1n) is 7.59. The van der Waals surface area contributed by atoms with Crippen molar-refractivity contribution in [2.75, 3.05) is 32.2 Å². The molecule has 0 bridgehead atoms. The summed E-state index contributed by atoms with van der Waals surface area (Å²) >= 11 is 3.42. The molecule has 0 saturated heterocycles. The monoisotopic (exact) mass is 393 g/mol. The van der Waals surface area contributed by atoms with Gasteiger partial charge in [0.15, 0.2) is 0 Å². The second kappa shape index (κ2) is 9.30. The van der Waals surface area contributed by atoms with Crippen LogP contribution in [-0.4, -0.2) is 32.8 Å². The topological polar surface area (TPSA) is 56.8 Å². The molecule has 0 aliphatic heterocycles. The van der Waals surface area contributed by atoms with E-state index in [1.54, 1.807) is 37.4 Å². The number of halogens is 1. The number of methoxy groups -OCH3 is 1. The lowest BCUT2D eigenvalue weighted by Crippen LogP contribution is -2.12. The molecule has 0 aromatic heterocycles. The van der Waals surface area contributed by atoms with E-state index in [0.717, 1.165) is 10.2 Å². The molecule has 2 rings (SSSR count). The fourth-order valence-corrected chi connectivity index (χ4v) is 2.49. The van der Waals surface area contributed by atoms with Gasteiger partial charge in [-0.3, -0.25) is 4.79 Å². The lowest BCUT2D eigenvalue weighted by atomic mass is 10.2. The lowest BCUT2D eigenvalue weighted by molar-refractivity contribution is 0.102. The Balaban J connectivity index is 2.00. The molecule has 0 saturated carbocycles. The standard InChI is InChI=1S/C18H20BrNO4/c1-3-23-15-7-5-14(6-8-15)20-18(21)13-4-9-17(16(19)12-13)24-11-10-22-2/h4-9,12H,3,10-11H2,1-2H3,(H,20,21). The number of amides is 1. The summed E-state index contributed by atoms with van der Waals surface area (Å²) < 4.78 is 16.6. The molecule has 6 heteroatoms. The number of hydrogen-bond acceptors (Lipinski definition) is 4. The SMILES string of the molecule is CCOc1ccc(NC(=O)c2ccc(OCCOC)c(Br)c2)cc1. The Morgan fingerprint density at radius 3 is 2.46 bits per heavy atom. The van der Waals surface area contributed by atoms with Gasteiger partial charge in [-0.2, -0.15) is 0 Å². The number of carbonyl (C=O) groups is 1. The quantitative estimate of drug-likeness (QED) is 0.685. The van der Waals surface area contributed by atoms with Gasteiger partial charge in [0, 0.05) is 18.4 Å². The van der Waals surface area contributed by atoms with Crippen LogP contribution in [0.15, 0.2) is 46.9 Å². The molecule has 1 amide bonds. The number of benzene rings is 2. The maximum Gasteiger partial charge on any atom is 0.255 e. The van der Waals surface area contributed by atoms with Crippen molar-refractivity contribution < 1.29 is 19.0 Å². The Kier molecular flexibility index (Phi) is 7.08. The smallest absolute Gasteiger partial charge is 0.255 e. The zero-order valence-corrected chi connectivity index (χ0v) is 15.3.